The number of nitrogens with one attached hydrogen (secondary N) is 1. The molecule has 1 N–H and O–H groups in total. The van der Waals surface area contributed by atoms with Crippen LogP contribution in [0.2, 0.25) is 0 Å². The number of pyridine rings is 1. The van der Waals surface area contributed by atoms with Crippen molar-refractivity contribution in [2.75, 3.05) is 19.6 Å². The zero-order valence-corrected chi connectivity index (χ0v) is 14.8. The molecular formula is C22H27N3. The van der Waals surface area contributed by atoms with Crippen molar-refractivity contribution in [3.63, 3.8) is 0 Å². The molecule has 3 fully saturated rings. The monoisotopic (exact) mass is 333 g/mol. The van der Waals surface area contributed by atoms with Crippen molar-refractivity contribution in [3.05, 3.63) is 54.4 Å². The molecule has 3 atom stereocenters. The average molecular weight is 333 g/mol. The van der Waals surface area contributed by atoms with Gasteiger partial charge in [-0.25, -0.2) is 0 Å². The SMILES string of the molecule is c1cc(-c2ccc(C3[C@H]4CNC[C@@H]3N4CC3CCCC3)cc2)ccn1. The lowest BCUT2D eigenvalue weighted by Crippen LogP contribution is -2.73. The number of piperidine rings is 1. The Balaban J connectivity index is 1.32. The van der Waals surface area contributed by atoms with Crippen LogP contribution in [0.15, 0.2) is 48.8 Å². The van der Waals surface area contributed by atoms with Gasteiger partial charge in [-0.15, -0.1) is 0 Å². The fraction of sp³-hybridized carbons (Fsp3) is 0.500. The van der Waals surface area contributed by atoms with Crippen LogP contribution in [-0.2, 0) is 0 Å². The molecule has 2 aliphatic heterocycles. The van der Waals surface area contributed by atoms with Crippen LogP contribution in [-0.4, -0.2) is 41.6 Å². The Labute approximate surface area is 150 Å². The van der Waals surface area contributed by atoms with Crippen LogP contribution in [0.5, 0.6) is 0 Å². The lowest BCUT2D eigenvalue weighted by atomic mass is 9.71. The van der Waals surface area contributed by atoms with E-state index in [1.807, 2.05) is 12.4 Å². The van der Waals surface area contributed by atoms with Crippen molar-refractivity contribution in [2.45, 2.75) is 43.7 Å². The van der Waals surface area contributed by atoms with E-state index in [1.54, 1.807) is 0 Å². The summed E-state index contributed by atoms with van der Waals surface area (Å²) >= 11 is 0. The summed E-state index contributed by atoms with van der Waals surface area (Å²) in [6.07, 6.45) is 9.54. The molecule has 0 amide bonds. The minimum atomic E-state index is 0.700. The predicted octanol–water partition coefficient (Wildman–Crippen LogP) is 3.68. The Morgan fingerprint density at radius 2 is 1.52 bits per heavy atom. The predicted molar refractivity (Wildman–Crippen MR) is 102 cm³/mol. The molecule has 1 unspecified atom stereocenters. The average Bonchev–Trinajstić information content (AvgIpc) is 3.20. The third-order valence-corrected chi connectivity index (χ3v) is 6.64. The zero-order valence-electron chi connectivity index (χ0n) is 14.8. The molecular weight excluding hydrogens is 306 g/mol. The number of hydrogen-bond donors (Lipinski definition) is 1. The molecule has 1 aliphatic carbocycles. The fourth-order valence-electron chi connectivity index (χ4n) is 5.33. The Morgan fingerprint density at radius 1 is 0.880 bits per heavy atom. The van der Waals surface area contributed by atoms with Crippen molar-refractivity contribution in [1.29, 1.82) is 0 Å². The summed E-state index contributed by atoms with van der Waals surface area (Å²) in [6.45, 7) is 3.64. The van der Waals surface area contributed by atoms with E-state index in [0.29, 0.717) is 18.0 Å². The second-order valence-electron chi connectivity index (χ2n) is 8.02. The van der Waals surface area contributed by atoms with Crippen molar-refractivity contribution >= 4 is 0 Å². The smallest absolute Gasteiger partial charge is 0.0308 e. The van der Waals surface area contributed by atoms with Crippen LogP contribution in [0.25, 0.3) is 11.1 Å². The number of piperazine rings is 1. The van der Waals surface area contributed by atoms with E-state index in [-0.39, 0.29) is 0 Å². The molecule has 1 aromatic carbocycles. The summed E-state index contributed by atoms with van der Waals surface area (Å²) in [5.41, 5.74) is 4.06. The number of likely N-dealkylation sites (tertiary alicyclic amines) is 1. The summed E-state index contributed by atoms with van der Waals surface area (Å²) in [6, 6.07) is 14.9. The topological polar surface area (TPSA) is 28.2 Å². The third kappa shape index (κ3) is 2.80. The fourth-order valence-corrected chi connectivity index (χ4v) is 5.33. The van der Waals surface area contributed by atoms with Gasteiger partial charge in [0, 0.05) is 50.0 Å². The minimum Gasteiger partial charge on any atom is -0.314 e. The van der Waals surface area contributed by atoms with Crippen molar-refractivity contribution in [1.82, 2.24) is 15.2 Å². The van der Waals surface area contributed by atoms with Crippen LogP contribution >= 0.6 is 0 Å². The highest BCUT2D eigenvalue weighted by Crippen LogP contribution is 2.44. The Hall–Kier alpha value is -1.71. The standard InChI is InChI=1S/C22H27N3/c1-2-4-16(3-1)15-25-20-13-24-14-21(25)22(20)19-7-5-17(6-8-19)18-9-11-23-12-10-18/h5-12,16,20-22,24H,1-4,13-15H2/t20-,21+,22?. The normalized spacial score (nSPS) is 29.5. The maximum absolute atomic E-state index is 4.12. The first kappa shape index (κ1) is 15.5. The van der Waals surface area contributed by atoms with Crippen LogP contribution < -0.4 is 5.32 Å². The molecule has 3 heterocycles. The van der Waals surface area contributed by atoms with Gasteiger partial charge in [0.05, 0.1) is 0 Å². The minimum absolute atomic E-state index is 0.700. The number of benzene rings is 1. The number of nitrogens with zero attached hydrogens (tertiary/aromatic N) is 2. The summed E-state index contributed by atoms with van der Waals surface area (Å²) < 4.78 is 0. The highest BCUT2D eigenvalue weighted by molar-refractivity contribution is 5.63. The summed E-state index contributed by atoms with van der Waals surface area (Å²) in [7, 11) is 0. The molecule has 130 valence electrons. The van der Waals surface area contributed by atoms with Crippen LogP contribution in [0, 0.1) is 5.92 Å². The van der Waals surface area contributed by atoms with Crippen LogP contribution in [0.3, 0.4) is 0 Å². The number of hydrogen-bond acceptors (Lipinski definition) is 3. The van der Waals surface area contributed by atoms with Gasteiger partial charge in [0.2, 0.25) is 0 Å². The molecule has 0 spiro atoms. The second-order valence-corrected chi connectivity index (χ2v) is 8.02. The summed E-state index contributed by atoms with van der Waals surface area (Å²) in [4.78, 5) is 6.93. The molecule has 1 saturated carbocycles. The van der Waals surface area contributed by atoms with Crippen LogP contribution in [0.4, 0.5) is 0 Å². The van der Waals surface area contributed by atoms with Gasteiger partial charge in [-0.2, -0.15) is 0 Å². The maximum Gasteiger partial charge on any atom is 0.0308 e. The van der Waals surface area contributed by atoms with Gasteiger partial charge in [-0.05, 0) is 47.6 Å². The lowest BCUT2D eigenvalue weighted by molar-refractivity contribution is -0.0509. The van der Waals surface area contributed by atoms with E-state index in [9.17, 15) is 0 Å². The Morgan fingerprint density at radius 3 is 2.20 bits per heavy atom. The van der Waals surface area contributed by atoms with E-state index in [0.717, 1.165) is 19.0 Å². The zero-order chi connectivity index (χ0) is 16.6. The maximum atomic E-state index is 4.12. The molecule has 0 radical (unpaired) electrons. The highest BCUT2D eigenvalue weighted by atomic mass is 15.3. The van der Waals surface area contributed by atoms with Gasteiger partial charge < -0.3 is 5.32 Å². The van der Waals surface area contributed by atoms with E-state index in [2.05, 4.69) is 51.6 Å². The molecule has 2 bridgehead atoms. The van der Waals surface area contributed by atoms with Gasteiger partial charge in [0.1, 0.15) is 0 Å². The summed E-state index contributed by atoms with van der Waals surface area (Å²) in [5, 5.41) is 3.63. The molecule has 3 aliphatic rings. The number of rotatable bonds is 4. The first-order valence-electron chi connectivity index (χ1n) is 9.87. The molecule has 1 aromatic heterocycles. The first-order valence-corrected chi connectivity index (χ1v) is 9.87. The Kier molecular flexibility index (Phi) is 4.07. The largest absolute Gasteiger partial charge is 0.314 e. The number of fused-ring (bicyclic) bond motifs is 2. The van der Waals surface area contributed by atoms with Gasteiger partial charge in [-0.1, -0.05) is 37.1 Å². The van der Waals surface area contributed by atoms with E-state index >= 15 is 0 Å². The van der Waals surface area contributed by atoms with Gasteiger partial charge in [0.15, 0.2) is 0 Å². The van der Waals surface area contributed by atoms with Gasteiger partial charge in [-0.3, -0.25) is 9.88 Å². The van der Waals surface area contributed by atoms with Crippen molar-refractivity contribution in [2.24, 2.45) is 5.92 Å². The van der Waals surface area contributed by atoms with E-state index < -0.39 is 0 Å². The summed E-state index contributed by atoms with van der Waals surface area (Å²) in [5.74, 6) is 1.67. The number of aromatic nitrogens is 1. The lowest BCUT2D eigenvalue weighted by Gasteiger charge is -2.60. The molecule has 5 rings (SSSR count). The molecule has 3 heteroatoms. The second kappa shape index (κ2) is 6.54. The van der Waals surface area contributed by atoms with Crippen molar-refractivity contribution < 1.29 is 0 Å². The molecule has 25 heavy (non-hydrogen) atoms. The molecule has 3 nitrogen and oxygen atoms in total. The molecule has 2 saturated heterocycles. The third-order valence-electron chi connectivity index (χ3n) is 6.64. The first-order chi connectivity index (χ1) is 12.4. The van der Waals surface area contributed by atoms with Crippen molar-refractivity contribution in [3.8, 4) is 11.1 Å². The van der Waals surface area contributed by atoms with E-state index in [1.165, 1.54) is 48.9 Å². The van der Waals surface area contributed by atoms with Gasteiger partial charge in [0.25, 0.3) is 0 Å². The Bertz CT molecular complexity index is 694. The quantitative estimate of drug-likeness (QED) is 0.925. The molecule has 2 aromatic rings. The van der Waals surface area contributed by atoms with Crippen LogP contribution in [0.1, 0.15) is 37.2 Å². The van der Waals surface area contributed by atoms with Gasteiger partial charge >= 0.3 is 0 Å². The highest BCUT2D eigenvalue weighted by Gasteiger charge is 2.51. The van der Waals surface area contributed by atoms with E-state index in [4.69, 9.17) is 0 Å².